The molecule has 0 bridgehead atoms. The average Bonchev–Trinajstić information content (AvgIpc) is 2.18. The molecule has 1 aliphatic carbocycles. The molecule has 0 unspecified atom stereocenters. The van der Waals surface area contributed by atoms with Crippen LogP contribution in [0, 0.1) is 17.7 Å². The van der Waals surface area contributed by atoms with E-state index in [0.29, 0.717) is 18.4 Å². The second kappa shape index (κ2) is 4.21. The number of aromatic nitrogens is 2. The summed E-state index contributed by atoms with van der Waals surface area (Å²) >= 11 is 0. The molecule has 0 atom stereocenters. The number of hydrogen-bond donors (Lipinski definition) is 2. The summed E-state index contributed by atoms with van der Waals surface area (Å²) in [5, 5.41) is 8.85. The van der Waals surface area contributed by atoms with Crippen LogP contribution < -0.4 is 11.4 Å². The van der Waals surface area contributed by atoms with Crippen molar-refractivity contribution >= 4 is 5.82 Å². The highest BCUT2D eigenvalue weighted by Gasteiger charge is 2.28. The molecule has 0 radical (unpaired) electrons. The normalized spacial score (nSPS) is 24.1. The summed E-state index contributed by atoms with van der Waals surface area (Å²) in [6, 6.07) is 0. The molecule has 0 aromatic carbocycles. The van der Waals surface area contributed by atoms with Gasteiger partial charge in [-0.2, -0.15) is 4.98 Å². The van der Waals surface area contributed by atoms with Gasteiger partial charge in [-0.1, -0.05) is 0 Å². The maximum atomic E-state index is 13.1. The molecule has 2 rings (SSSR count). The highest BCUT2D eigenvalue weighted by Crippen LogP contribution is 2.33. The second-order valence-corrected chi connectivity index (χ2v) is 4.30. The Bertz CT molecular complexity index is 440. The number of aliphatic hydroxyl groups excluding tert-OH is 1. The van der Waals surface area contributed by atoms with Crippen LogP contribution in [0.15, 0.2) is 11.0 Å². The van der Waals surface area contributed by atoms with Crippen LogP contribution in [0.4, 0.5) is 10.2 Å². The van der Waals surface area contributed by atoms with Crippen LogP contribution in [0.3, 0.4) is 0 Å². The van der Waals surface area contributed by atoms with Gasteiger partial charge in [0.25, 0.3) is 0 Å². The predicted molar refractivity (Wildman–Crippen MR) is 56.2 cm³/mol. The lowest BCUT2D eigenvalue weighted by molar-refractivity contribution is 0.0957. The molecule has 1 aliphatic rings. The summed E-state index contributed by atoms with van der Waals surface area (Å²) in [7, 11) is 0. The molecule has 1 aromatic heterocycles. The van der Waals surface area contributed by atoms with Crippen LogP contribution in [-0.4, -0.2) is 21.3 Å². The number of hydrogen-bond acceptors (Lipinski definition) is 4. The first-order valence-electron chi connectivity index (χ1n) is 5.23. The Morgan fingerprint density at radius 3 is 2.88 bits per heavy atom. The fraction of sp³-hybridized carbons (Fsp3) is 0.600. The van der Waals surface area contributed by atoms with E-state index in [9.17, 15) is 9.18 Å². The molecule has 16 heavy (non-hydrogen) atoms. The van der Waals surface area contributed by atoms with Crippen molar-refractivity contribution in [2.24, 2.45) is 11.8 Å². The van der Waals surface area contributed by atoms with E-state index >= 15 is 0 Å². The molecule has 1 heterocycles. The first-order chi connectivity index (χ1) is 7.60. The quantitative estimate of drug-likeness (QED) is 0.760. The maximum Gasteiger partial charge on any atom is 0.349 e. The highest BCUT2D eigenvalue weighted by molar-refractivity contribution is 5.26. The molecular weight excluding hydrogens is 213 g/mol. The van der Waals surface area contributed by atoms with Crippen molar-refractivity contribution in [2.45, 2.75) is 19.4 Å². The number of halogens is 1. The molecule has 5 nitrogen and oxygen atoms in total. The van der Waals surface area contributed by atoms with Crippen molar-refractivity contribution in [2.75, 3.05) is 12.3 Å². The Hall–Kier alpha value is -1.43. The van der Waals surface area contributed by atoms with Crippen LogP contribution in [0.1, 0.15) is 12.8 Å². The first kappa shape index (κ1) is 11.1. The summed E-state index contributed by atoms with van der Waals surface area (Å²) in [6.07, 6.45) is 2.83. The Balaban J connectivity index is 2.05. The predicted octanol–water partition coefficient (Wildman–Crippen LogP) is -0.0169. The van der Waals surface area contributed by atoms with Crippen molar-refractivity contribution < 1.29 is 9.50 Å². The summed E-state index contributed by atoms with van der Waals surface area (Å²) in [5.74, 6) is -0.382. The second-order valence-electron chi connectivity index (χ2n) is 4.30. The molecule has 0 spiro atoms. The fourth-order valence-corrected chi connectivity index (χ4v) is 2.06. The summed E-state index contributed by atoms with van der Waals surface area (Å²) in [5.41, 5.74) is 4.66. The average molecular weight is 227 g/mol. The minimum Gasteiger partial charge on any atom is -0.396 e. The molecule has 1 fully saturated rings. The van der Waals surface area contributed by atoms with Crippen LogP contribution in [0.2, 0.25) is 0 Å². The van der Waals surface area contributed by atoms with E-state index in [1.54, 1.807) is 0 Å². The number of nitrogens with two attached hydrogens (primary N) is 1. The topological polar surface area (TPSA) is 81.1 Å². The molecule has 3 N–H and O–H groups in total. The maximum absolute atomic E-state index is 13.1. The van der Waals surface area contributed by atoms with E-state index in [1.807, 2.05) is 0 Å². The third-order valence-electron chi connectivity index (χ3n) is 3.02. The first-order valence-corrected chi connectivity index (χ1v) is 5.23. The van der Waals surface area contributed by atoms with Crippen LogP contribution >= 0.6 is 0 Å². The molecule has 88 valence electrons. The Kier molecular flexibility index (Phi) is 2.91. The van der Waals surface area contributed by atoms with E-state index in [4.69, 9.17) is 10.8 Å². The van der Waals surface area contributed by atoms with Crippen molar-refractivity contribution in [3.05, 3.63) is 22.5 Å². The minimum atomic E-state index is -0.669. The SMILES string of the molecule is Nc1nc(=O)n(C[C@H]2C[C@H](CO)C2)cc1F. The van der Waals surface area contributed by atoms with Crippen LogP contribution in [0.25, 0.3) is 0 Å². The molecule has 1 saturated carbocycles. The summed E-state index contributed by atoms with van der Waals surface area (Å²) in [4.78, 5) is 14.8. The van der Waals surface area contributed by atoms with Gasteiger partial charge in [0.15, 0.2) is 11.6 Å². The van der Waals surface area contributed by atoms with Gasteiger partial charge in [0.1, 0.15) is 0 Å². The lowest BCUT2D eigenvalue weighted by Crippen LogP contribution is -2.34. The largest absolute Gasteiger partial charge is 0.396 e. The van der Waals surface area contributed by atoms with E-state index in [0.717, 1.165) is 19.0 Å². The monoisotopic (exact) mass is 227 g/mol. The Morgan fingerprint density at radius 1 is 1.56 bits per heavy atom. The van der Waals surface area contributed by atoms with Gasteiger partial charge < -0.3 is 10.8 Å². The third-order valence-corrected chi connectivity index (χ3v) is 3.02. The Labute approximate surface area is 91.7 Å². The number of nitrogens with zero attached hydrogens (tertiary/aromatic N) is 2. The standard InChI is InChI=1S/C10H14FN3O2/c11-8-4-14(10(16)13-9(8)12)3-6-1-7(2-6)5-15/h4,6-7,15H,1-3,5H2,(H2,12,13,16)/t6-,7-. The molecule has 6 heteroatoms. The zero-order valence-electron chi connectivity index (χ0n) is 8.77. The zero-order valence-corrected chi connectivity index (χ0v) is 8.77. The van der Waals surface area contributed by atoms with Gasteiger partial charge >= 0.3 is 5.69 Å². The van der Waals surface area contributed by atoms with Crippen molar-refractivity contribution in [3.8, 4) is 0 Å². The fourth-order valence-electron chi connectivity index (χ4n) is 2.06. The lowest BCUT2D eigenvalue weighted by atomic mass is 9.75. The van der Waals surface area contributed by atoms with Crippen LogP contribution in [0.5, 0.6) is 0 Å². The van der Waals surface area contributed by atoms with Gasteiger partial charge in [0.2, 0.25) is 0 Å². The molecule has 0 saturated heterocycles. The van der Waals surface area contributed by atoms with Crippen molar-refractivity contribution in [3.63, 3.8) is 0 Å². The number of aliphatic hydroxyl groups is 1. The molecule has 1 aromatic rings. The van der Waals surface area contributed by atoms with Crippen LogP contribution in [-0.2, 0) is 6.54 Å². The van der Waals surface area contributed by atoms with E-state index in [2.05, 4.69) is 4.98 Å². The number of anilines is 1. The molecule has 0 aliphatic heterocycles. The smallest absolute Gasteiger partial charge is 0.349 e. The van der Waals surface area contributed by atoms with Gasteiger partial charge in [0.05, 0.1) is 0 Å². The van der Waals surface area contributed by atoms with E-state index in [-0.39, 0.29) is 12.4 Å². The van der Waals surface area contributed by atoms with E-state index < -0.39 is 11.5 Å². The molecule has 0 amide bonds. The number of rotatable bonds is 3. The molecular formula is C10H14FN3O2. The minimum absolute atomic E-state index is 0.180. The third kappa shape index (κ3) is 2.06. The lowest BCUT2D eigenvalue weighted by Gasteiger charge is -2.34. The van der Waals surface area contributed by atoms with Gasteiger partial charge in [0, 0.05) is 19.3 Å². The number of nitrogen functional groups attached to an aromatic ring is 1. The zero-order chi connectivity index (χ0) is 11.7. The summed E-state index contributed by atoms with van der Waals surface area (Å²) in [6.45, 7) is 0.624. The van der Waals surface area contributed by atoms with Gasteiger partial charge in [-0.15, -0.1) is 0 Å². The van der Waals surface area contributed by atoms with Gasteiger partial charge in [-0.3, -0.25) is 4.57 Å². The van der Waals surface area contributed by atoms with Gasteiger partial charge in [-0.05, 0) is 24.7 Å². The highest BCUT2D eigenvalue weighted by atomic mass is 19.1. The van der Waals surface area contributed by atoms with E-state index in [1.165, 1.54) is 4.57 Å². The van der Waals surface area contributed by atoms with Gasteiger partial charge in [-0.25, -0.2) is 9.18 Å². The van der Waals surface area contributed by atoms with Crippen molar-refractivity contribution in [1.82, 2.24) is 9.55 Å². The summed E-state index contributed by atoms with van der Waals surface area (Å²) < 4.78 is 14.3. The Morgan fingerprint density at radius 2 is 2.25 bits per heavy atom. The van der Waals surface area contributed by atoms with Crippen molar-refractivity contribution in [1.29, 1.82) is 0 Å².